The van der Waals surface area contributed by atoms with Crippen LogP contribution in [0.15, 0.2) is 0 Å². The zero-order valence-electron chi connectivity index (χ0n) is 8.41. The van der Waals surface area contributed by atoms with E-state index < -0.39 is 0 Å². The second kappa shape index (κ2) is 5.32. The van der Waals surface area contributed by atoms with Gasteiger partial charge in [0.05, 0.1) is 0 Å². The molecule has 1 unspecified atom stereocenters. The fourth-order valence-electron chi connectivity index (χ4n) is 2.08. The molecule has 0 aromatic carbocycles. The van der Waals surface area contributed by atoms with Gasteiger partial charge < -0.3 is 10.6 Å². The van der Waals surface area contributed by atoms with Gasteiger partial charge in [-0.15, -0.1) is 12.4 Å². The number of nitrogens with one attached hydrogen (secondary N) is 3. The predicted octanol–water partition coefficient (Wildman–Crippen LogP) is 0.00590. The summed E-state index contributed by atoms with van der Waals surface area (Å²) in [7, 11) is 0. The van der Waals surface area contributed by atoms with Gasteiger partial charge in [0, 0.05) is 0 Å². The molecule has 0 saturated carbocycles. The second-order valence-electron chi connectivity index (χ2n) is 3.94. The molecule has 0 aliphatic carbocycles. The van der Waals surface area contributed by atoms with E-state index in [2.05, 4.69) is 16.0 Å². The van der Waals surface area contributed by atoms with Crippen LogP contribution >= 0.6 is 12.4 Å². The van der Waals surface area contributed by atoms with Crippen LogP contribution in [-0.2, 0) is 4.79 Å². The van der Waals surface area contributed by atoms with E-state index in [1.54, 1.807) is 0 Å². The third-order valence-electron chi connectivity index (χ3n) is 2.89. The number of halogens is 1. The van der Waals surface area contributed by atoms with Crippen LogP contribution in [0.5, 0.6) is 0 Å². The van der Waals surface area contributed by atoms with Crippen molar-refractivity contribution in [2.24, 2.45) is 5.92 Å². The van der Waals surface area contributed by atoms with Gasteiger partial charge in [0.25, 0.3) is 5.91 Å². The summed E-state index contributed by atoms with van der Waals surface area (Å²) in [5, 5.41) is 8.15. The maximum absolute atomic E-state index is 11.2. The van der Waals surface area contributed by atoms with Crippen LogP contribution in [0.2, 0.25) is 0 Å². The van der Waals surface area contributed by atoms with Gasteiger partial charge in [-0.1, -0.05) is 0 Å². The molecule has 0 spiro atoms. The van der Waals surface area contributed by atoms with Crippen molar-refractivity contribution in [3.8, 4) is 0 Å². The number of piperidine rings is 1. The van der Waals surface area contributed by atoms with Crippen molar-refractivity contribution in [3.63, 3.8) is 0 Å². The van der Waals surface area contributed by atoms with Gasteiger partial charge in [0.2, 0.25) is 0 Å². The molecule has 2 fully saturated rings. The quantitative estimate of drug-likeness (QED) is 0.589. The molecule has 0 aromatic rings. The highest BCUT2D eigenvalue weighted by Gasteiger charge is 2.31. The molecule has 2 rings (SSSR count). The van der Waals surface area contributed by atoms with E-state index in [1.807, 2.05) is 0 Å². The number of carbonyl (C=O) groups excluding carboxylic acids is 2. The maximum atomic E-state index is 11.2. The molecule has 0 radical (unpaired) electrons. The number of urea groups is 1. The zero-order valence-corrected chi connectivity index (χ0v) is 9.23. The van der Waals surface area contributed by atoms with E-state index >= 15 is 0 Å². The normalized spacial score (nSPS) is 26.8. The molecule has 86 valence electrons. The third-order valence-corrected chi connectivity index (χ3v) is 2.89. The molecule has 2 aliphatic rings. The Morgan fingerprint density at radius 2 is 1.87 bits per heavy atom. The molecule has 3 N–H and O–H groups in total. The Morgan fingerprint density at radius 3 is 2.40 bits per heavy atom. The molecule has 0 bridgehead atoms. The first kappa shape index (κ1) is 12.3. The van der Waals surface area contributed by atoms with Crippen molar-refractivity contribution < 1.29 is 9.59 Å². The Balaban J connectivity index is 0.00000112. The van der Waals surface area contributed by atoms with Gasteiger partial charge in [-0.2, -0.15) is 0 Å². The van der Waals surface area contributed by atoms with Gasteiger partial charge in [0.15, 0.2) is 0 Å². The first-order valence-electron chi connectivity index (χ1n) is 5.08. The molecule has 15 heavy (non-hydrogen) atoms. The lowest BCUT2D eigenvalue weighted by Crippen LogP contribution is -2.35. The molecule has 3 amide bonds. The van der Waals surface area contributed by atoms with E-state index in [0.29, 0.717) is 5.92 Å². The largest absolute Gasteiger partial charge is 0.326 e. The second-order valence-corrected chi connectivity index (χ2v) is 3.94. The lowest BCUT2D eigenvalue weighted by atomic mass is 9.91. The summed E-state index contributed by atoms with van der Waals surface area (Å²) >= 11 is 0. The first-order chi connectivity index (χ1) is 6.75. The van der Waals surface area contributed by atoms with E-state index in [0.717, 1.165) is 32.4 Å². The lowest BCUT2D eigenvalue weighted by Gasteiger charge is -2.23. The number of amides is 3. The fourth-order valence-corrected chi connectivity index (χ4v) is 2.08. The van der Waals surface area contributed by atoms with Gasteiger partial charge in [-0.3, -0.25) is 10.1 Å². The zero-order chi connectivity index (χ0) is 9.97. The molecule has 2 saturated heterocycles. The third kappa shape index (κ3) is 3.07. The Morgan fingerprint density at radius 1 is 1.20 bits per heavy atom. The molecular weight excluding hydrogens is 218 g/mol. The van der Waals surface area contributed by atoms with Crippen LogP contribution in [0, 0.1) is 5.92 Å². The average Bonchev–Trinajstić information content (AvgIpc) is 2.47. The molecule has 5 nitrogen and oxygen atoms in total. The summed E-state index contributed by atoms with van der Waals surface area (Å²) in [5.41, 5.74) is 0. The number of hydrogen-bond acceptors (Lipinski definition) is 3. The van der Waals surface area contributed by atoms with Crippen molar-refractivity contribution in [2.75, 3.05) is 13.1 Å². The van der Waals surface area contributed by atoms with E-state index in [-0.39, 0.29) is 30.4 Å². The van der Waals surface area contributed by atoms with Crippen molar-refractivity contribution in [1.82, 2.24) is 16.0 Å². The van der Waals surface area contributed by atoms with E-state index in [4.69, 9.17) is 0 Å². The number of hydrogen-bond donors (Lipinski definition) is 3. The molecule has 6 heteroatoms. The number of carbonyl (C=O) groups is 2. The van der Waals surface area contributed by atoms with Crippen LogP contribution in [-0.4, -0.2) is 31.1 Å². The number of imide groups is 1. The Labute approximate surface area is 94.8 Å². The van der Waals surface area contributed by atoms with Crippen molar-refractivity contribution in [3.05, 3.63) is 0 Å². The summed E-state index contributed by atoms with van der Waals surface area (Å²) in [6.45, 7) is 2.04. The van der Waals surface area contributed by atoms with Crippen molar-refractivity contribution in [2.45, 2.75) is 25.3 Å². The smallest absolute Gasteiger partial charge is 0.322 e. The Bertz CT molecular complexity index is 254. The lowest BCUT2D eigenvalue weighted by molar-refractivity contribution is -0.120. The molecule has 0 aromatic heterocycles. The fraction of sp³-hybridized carbons (Fsp3) is 0.778. The monoisotopic (exact) mass is 233 g/mol. The van der Waals surface area contributed by atoms with Crippen LogP contribution in [0.1, 0.15) is 19.3 Å². The highest BCUT2D eigenvalue weighted by atomic mass is 35.5. The predicted molar refractivity (Wildman–Crippen MR) is 57.9 cm³/mol. The highest BCUT2D eigenvalue weighted by Crippen LogP contribution is 2.18. The topological polar surface area (TPSA) is 70.2 Å². The van der Waals surface area contributed by atoms with Gasteiger partial charge in [-0.25, -0.2) is 4.79 Å². The number of rotatable bonds is 2. The minimum atomic E-state index is -0.353. The minimum absolute atomic E-state index is 0. The SMILES string of the molecule is Cl.O=C1NC(=O)C(CC2CCNCC2)N1. The van der Waals surface area contributed by atoms with E-state index in [9.17, 15) is 9.59 Å². The molecule has 2 heterocycles. The highest BCUT2D eigenvalue weighted by molar-refractivity contribution is 6.04. The van der Waals surface area contributed by atoms with Gasteiger partial charge in [0.1, 0.15) is 6.04 Å². The standard InChI is InChI=1S/C9H15N3O2.ClH/c13-8-7(11-9(14)12-8)5-6-1-3-10-4-2-6;/h6-7,10H,1-5H2,(H2,11,12,13,14);1H. The summed E-state index contributed by atoms with van der Waals surface area (Å²) in [6.07, 6.45) is 2.97. The van der Waals surface area contributed by atoms with Crippen molar-refractivity contribution in [1.29, 1.82) is 0 Å². The summed E-state index contributed by atoms with van der Waals surface area (Å²) in [6, 6.07) is -0.653. The van der Waals surface area contributed by atoms with Gasteiger partial charge in [-0.05, 0) is 38.3 Å². The van der Waals surface area contributed by atoms with E-state index in [1.165, 1.54) is 0 Å². The Kier molecular flexibility index (Phi) is 4.35. The first-order valence-corrected chi connectivity index (χ1v) is 5.08. The average molecular weight is 234 g/mol. The minimum Gasteiger partial charge on any atom is -0.326 e. The van der Waals surface area contributed by atoms with Crippen LogP contribution in [0.4, 0.5) is 4.79 Å². The molecular formula is C9H16ClN3O2. The molecule has 2 aliphatic heterocycles. The van der Waals surface area contributed by atoms with Gasteiger partial charge >= 0.3 is 6.03 Å². The van der Waals surface area contributed by atoms with Crippen LogP contribution in [0.3, 0.4) is 0 Å². The summed E-state index contributed by atoms with van der Waals surface area (Å²) in [4.78, 5) is 22.1. The molecule has 1 atom stereocenters. The maximum Gasteiger partial charge on any atom is 0.322 e. The van der Waals surface area contributed by atoms with Crippen molar-refractivity contribution >= 4 is 24.3 Å². The van der Waals surface area contributed by atoms with Crippen LogP contribution in [0.25, 0.3) is 0 Å². The Hall–Kier alpha value is -0.810. The van der Waals surface area contributed by atoms with Crippen LogP contribution < -0.4 is 16.0 Å². The summed E-state index contributed by atoms with van der Waals surface area (Å²) in [5.74, 6) is 0.388. The summed E-state index contributed by atoms with van der Waals surface area (Å²) < 4.78 is 0.